The third kappa shape index (κ3) is 5.24. The summed E-state index contributed by atoms with van der Waals surface area (Å²) in [5.74, 6) is 0.677. The Bertz CT molecular complexity index is 620. The van der Waals surface area contributed by atoms with Crippen LogP contribution >= 0.6 is 24.0 Å². The zero-order chi connectivity index (χ0) is 15.1. The zero-order valence-corrected chi connectivity index (χ0v) is 13.6. The number of hydrogen-bond donors (Lipinski definition) is 2. The molecule has 0 fully saturated rings. The predicted molar refractivity (Wildman–Crippen MR) is 91.0 cm³/mol. The molecule has 4 nitrogen and oxygen atoms in total. The molecule has 21 heavy (non-hydrogen) atoms. The average Bonchev–Trinajstić information content (AvgIpc) is 2.89. The summed E-state index contributed by atoms with van der Waals surface area (Å²) in [7, 11) is 0. The number of nitrogens with zero attached hydrogens (tertiary/aromatic N) is 1. The van der Waals surface area contributed by atoms with Gasteiger partial charge in [-0.3, -0.25) is 5.43 Å². The first kappa shape index (κ1) is 15.6. The SMILES string of the molecule is CCNC(=S)N/N=C\c1ccc(Sc2ccc(C)cc2)o1. The van der Waals surface area contributed by atoms with Crippen molar-refractivity contribution in [3.05, 3.63) is 47.7 Å². The van der Waals surface area contributed by atoms with E-state index in [0.29, 0.717) is 10.9 Å². The molecule has 0 aliphatic rings. The highest BCUT2D eigenvalue weighted by molar-refractivity contribution is 7.99. The van der Waals surface area contributed by atoms with Gasteiger partial charge in [-0.1, -0.05) is 29.5 Å². The van der Waals surface area contributed by atoms with Crippen molar-refractivity contribution >= 4 is 35.3 Å². The summed E-state index contributed by atoms with van der Waals surface area (Å²) in [6, 6.07) is 12.1. The molecule has 0 radical (unpaired) electrons. The van der Waals surface area contributed by atoms with Gasteiger partial charge in [0, 0.05) is 11.4 Å². The fraction of sp³-hybridized carbons (Fsp3) is 0.200. The average molecular weight is 319 g/mol. The van der Waals surface area contributed by atoms with Crippen molar-refractivity contribution in [2.45, 2.75) is 23.8 Å². The van der Waals surface area contributed by atoms with Crippen LogP contribution in [-0.4, -0.2) is 17.9 Å². The number of aryl methyl sites for hydroxylation is 1. The largest absolute Gasteiger partial charge is 0.448 e. The van der Waals surface area contributed by atoms with Crippen molar-refractivity contribution in [1.29, 1.82) is 0 Å². The zero-order valence-electron chi connectivity index (χ0n) is 11.9. The van der Waals surface area contributed by atoms with Crippen LogP contribution in [0, 0.1) is 6.92 Å². The molecule has 110 valence electrons. The van der Waals surface area contributed by atoms with Crippen molar-refractivity contribution in [2.24, 2.45) is 5.10 Å². The van der Waals surface area contributed by atoms with Crippen LogP contribution in [0.4, 0.5) is 0 Å². The molecular weight excluding hydrogens is 302 g/mol. The highest BCUT2D eigenvalue weighted by atomic mass is 32.2. The number of rotatable bonds is 5. The fourth-order valence-electron chi connectivity index (χ4n) is 1.54. The Morgan fingerprint density at radius 2 is 2.05 bits per heavy atom. The summed E-state index contributed by atoms with van der Waals surface area (Å²) < 4.78 is 5.67. The maximum Gasteiger partial charge on any atom is 0.186 e. The number of hydrogen-bond acceptors (Lipinski definition) is 4. The van der Waals surface area contributed by atoms with Gasteiger partial charge in [0.1, 0.15) is 5.76 Å². The minimum Gasteiger partial charge on any atom is -0.448 e. The third-order valence-electron chi connectivity index (χ3n) is 2.54. The van der Waals surface area contributed by atoms with E-state index in [1.165, 1.54) is 5.56 Å². The fourth-order valence-corrected chi connectivity index (χ4v) is 2.51. The summed E-state index contributed by atoms with van der Waals surface area (Å²) in [5, 5.41) is 8.28. The molecule has 0 aliphatic carbocycles. The van der Waals surface area contributed by atoms with E-state index in [0.717, 1.165) is 16.5 Å². The highest BCUT2D eigenvalue weighted by Gasteiger charge is 2.02. The molecule has 1 aromatic heterocycles. The van der Waals surface area contributed by atoms with Crippen LogP contribution in [0.5, 0.6) is 0 Å². The second kappa shape index (κ2) is 7.85. The van der Waals surface area contributed by atoms with E-state index in [1.807, 2.05) is 19.1 Å². The lowest BCUT2D eigenvalue weighted by Gasteiger charge is -2.01. The van der Waals surface area contributed by atoms with Crippen molar-refractivity contribution in [1.82, 2.24) is 10.7 Å². The van der Waals surface area contributed by atoms with E-state index < -0.39 is 0 Å². The van der Waals surface area contributed by atoms with Gasteiger partial charge in [0.2, 0.25) is 0 Å². The third-order valence-corrected chi connectivity index (χ3v) is 3.70. The lowest BCUT2D eigenvalue weighted by molar-refractivity contribution is 0.469. The second-order valence-corrected chi connectivity index (χ2v) is 5.79. The molecule has 6 heteroatoms. The van der Waals surface area contributed by atoms with E-state index in [2.05, 4.69) is 47.0 Å². The molecule has 0 atom stereocenters. The van der Waals surface area contributed by atoms with Crippen LogP contribution in [0.3, 0.4) is 0 Å². The highest BCUT2D eigenvalue weighted by Crippen LogP contribution is 2.28. The van der Waals surface area contributed by atoms with Gasteiger partial charge in [-0.05, 0) is 50.3 Å². The minimum atomic E-state index is 0.495. The molecule has 1 heterocycles. The van der Waals surface area contributed by atoms with Gasteiger partial charge in [0.15, 0.2) is 10.2 Å². The number of thiocarbonyl (C=S) groups is 1. The molecule has 2 aromatic rings. The first-order valence-electron chi connectivity index (χ1n) is 6.58. The lowest BCUT2D eigenvalue weighted by Crippen LogP contribution is -2.31. The Morgan fingerprint density at radius 1 is 1.29 bits per heavy atom. The summed E-state index contributed by atoms with van der Waals surface area (Å²) in [4.78, 5) is 1.14. The molecule has 1 aromatic carbocycles. The first-order valence-corrected chi connectivity index (χ1v) is 7.81. The van der Waals surface area contributed by atoms with Crippen LogP contribution in [0.25, 0.3) is 0 Å². The summed E-state index contributed by atoms with van der Waals surface area (Å²) in [6.07, 6.45) is 1.60. The topological polar surface area (TPSA) is 49.6 Å². The van der Waals surface area contributed by atoms with Crippen molar-refractivity contribution in [2.75, 3.05) is 6.54 Å². The van der Waals surface area contributed by atoms with Gasteiger partial charge in [-0.2, -0.15) is 5.10 Å². The molecule has 2 N–H and O–H groups in total. The van der Waals surface area contributed by atoms with E-state index in [4.69, 9.17) is 16.6 Å². The van der Waals surface area contributed by atoms with Crippen molar-refractivity contribution < 1.29 is 4.42 Å². The van der Waals surface area contributed by atoms with Gasteiger partial charge in [0.05, 0.1) is 6.21 Å². The van der Waals surface area contributed by atoms with E-state index in [9.17, 15) is 0 Å². The molecule has 0 aliphatic heterocycles. The Kier molecular flexibility index (Phi) is 5.83. The quantitative estimate of drug-likeness (QED) is 0.501. The van der Waals surface area contributed by atoms with Gasteiger partial charge < -0.3 is 9.73 Å². The van der Waals surface area contributed by atoms with Gasteiger partial charge in [-0.25, -0.2) is 0 Å². The maximum absolute atomic E-state index is 5.67. The molecule has 2 rings (SSSR count). The maximum atomic E-state index is 5.67. The van der Waals surface area contributed by atoms with Gasteiger partial charge in [-0.15, -0.1) is 0 Å². The lowest BCUT2D eigenvalue weighted by atomic mass is 10.2. The Balaban J connectivity index is 1.90. The predicted octanol–water partition coefficient (Wildman–Crippen LogP) is 3.56. The number of hydrazone groups is 1. The van der Waals surface area contributed by atoms with Crippen LogP contribution in [0.2, 0.25) is 0 Å². The van der Waals surface area contributed by atoms with E-state index in [1.54, 1.807) is 18.0 Å². The normalized spacial score (nSPS) is 10.8. The van der Waals surface area contributed by atoms with Crippen LogP contribution < -0.4 is 10.7 Å². The number of nitrogens with one attached hydrogen (secondary N) is 2. The van der Waals surface area contributed by atoms with Gasteiger partial charge in [0.25, 0.3) is 0 Å². The van der Waals surface area contributed by atoms with Crippen molar-refractivity contribution in [3.63, 3.8) is 0 Å². The smallest absolute Gasteiger partial charge is 0.186 e. The number of benzene rings is 1. The Morgan fingerprint density at radius 3 is 2.76 bits per heavy atom. The van der Waals surface area contributed by atoms with Gasteiger partial charge >= 0.3 is 0 Å². The summed E-state index contributed by atoms with van der Waals surface area (Å²) >= 11 is 6.58. The summed E-state index contributed by atoms with van der Waals surface area (Å²) in [6.45, 7) is 4.80. The monoisotopic (exact) mass is 319 g/mol. The second-order valence-electron chi connectivity index (χ2n) is 4.30. The molecule has 0 saturated carbocycles. The minimum absolute atomic E-state index is 0.495. The number of furan rings is 1. The molecule has 0 amide bonds. The summed E-state index contributed by atoms with van der Waals surface area (Å²) in [5.41, 5.74) is 3.96. The Hall–Kier alpha value is -1.79. The van der Waals surface area contributed by atoms with E-state index in [-0.39, 0.29) is 0 Å². The standard InChI is InChI=1S/C15H17N3OS2/c1-3-16-15(20)18-17-10-12-6-9-14(19-12)21-13-7-4-11(2)5-8-13/h4-10H,3H2,1-2H3,(H2,16,18,20)/b17-10-. The van der Waals surface area contributed by atoms with E-state index >= 15 is 0 Å². The Labute approximate surface area is 134 Å². The van der Waals surface area contributed by atoms with Crippen LogP contribution in [-0.2, 0) is 0 Å². The van der Waals surface area contributed by atoms with Crippen LogP contribution in [0.1, 0.15) is 18.2 Å². The van der Waals surface area contributed by atoms with Crippen LogP contribution in [0.15, 0.2) is 55.9 Å². The molecule has 0 bridgehead atoms. The first-order chi connectivity index (χ1) is 10.2. The van der Waals surface area contributed by atoms with Crippen molar-refractivity contribution in [3.8, 4) is 0 Å². The molecule has 0 saturated heterocycles. The molecular formula is C15H17N3OS2. The molecule has 0 spiro atoms. The molecule has 0 unspecified atom stereocenters.